The van der Waals surface area contributed by atoms with Crippen molar-refractivity contribution in [1.29, 1.82) is 0 Å². The third-order valence-electron chi connectivity index (χ3n) is 5.28. The van der Waals surface area contributed by atoms with Gasteiger partial charge in [-0.05, 0) is 56.9 Å². The van der Waals surface area contributed by atoms with Crippen LogP contribution < -0.4 is 21.5 Å². The maximum atomic E-state index is 12.8. The highest BCUT2D eigenvalue weighted by Gasteiger charge is 2.17. The van der Waals surface area contributed by atoms with Crippen LogP contribution in [0.2, 0.25) is 10.0 Å². The molecule has 4 aromatic rings. The maximum absolute atomic E-state index is 12.8. The number of rotatable bonds is 8. The van der Waals surface area contributed by atoms with E-state index in [-0.39, 0.29) is 39.8 Å². The number of para-hydroxylation sites is 1. The second kappa shape index (κ2) is 10.7. The topological polar surface area (TPSA) is 131 Å². The zero-order valence-corrected chi connectivity index (χ0v) is 21.4. The van der Waals surface area contributed by atoms with Gasteiger partial charge in [-0.2, -0.15) is 9.97 Å². The minimum atomic E-state index is -0.673. The van der Waals surface area contributed by atoms with E-state index in [2.05, 4.69) is 20.3 Å². The second-order valence-corrected chi connectivity index (χ2v) is 9.26. The number of hydrogen-bond acceptors (Lipinski definition) is 9. The fraction of sp³-hybridized carbons (Fsp3) is 0.250. The number of benzene rings is 2. The van der Waals surface area contributed by atoms with E-state index < -0.39 is 11.8 Å². The first kappa shape index (κ1) is 25.6. The molecule has 36 heavy (non-hydrogen) atoms. The van der Waals surface area contributed by atoms with E-state index in [0.29, 0.717) is 23.4 Å². The Kier molecular flexibility index (Phi) is 7.60. The van der Waals surface area contributed by atoms with Crippen molar-refractivity contribution in [1.82, 2.24) is 24.4 Å². The third kappa shape index (κ3) is 5.52. The van der Waals surface area contributed by atoms with E-state index in [1.807, 2.05) is 32.0 Å². The summed E-state index contributed by atoms with van der Waals surface area (Å²) < 4.78 is 6.88. The van der Waals surface area contributed by atoms with Crippen molar-refractivity contribution in [3.8, 4) is 11.4 Å². The predicted molar refractivity (Wildman–Crippen MR) is 142 cm³/mol. The van der Waals surface area contributed by atoms with Gasteiger partial charge in [-0.1, -0.05) is 29.3 Å². The van der Waals surface area contributed by atoms with Crippen LogP contribution in [0.15, 0.2) is 47.4 Å². The Morgan fingerprint density at radius 3 is 2.58 bits per heavy atom. The summed E-state index contributed by atoms with van der Waals surface area (Å²) in [6, 6.07) is 10.3. The summed E-state index contributed by atoms with van der Waals surface area (Å²) in [7, 11) is 3.77. The minimum Gasteiger partial charge on any atom is -0.491 e. The van der Waals surface area contributed by atoms with Crippen LogP contribution in [0.5, 0.6) is 5.75 Å². The van der Waals surface area contributed by atoms with Gasteiger partial charge in [0.15, 0.2) is 5.65 Å². The average molecular weight is 530 g/mol. The van der Waals surface area contributed by atoms with Gasteiger partial charge < -0.3 is 25.8 Å². The number of aromatic nitrogens is 4. The standard InChI is InChI=1S/C24H25Cl2N7O3/c1-13-9-14(7-8-19(13)36-12-15(34)11-32(2)3)29-23-28-10-16-21(27)33(24(35)31-22(16)30-23)20-17(25)5-4-6-18(20)26/h4-10,15,34H,11-12,27H2,1-3H3,(H,29,30,31,35). The largest absolute Gasteiger partial charge is 0.491 e. The number of hydrogen-bond donors (Lipinski definition) is 3. The van der Waals surface area contributed by atoms with E-state index in [1.54, 1.807) is 30.3 Å². The molecule has 188 valence electrons. The molecule has 4 rings (SSSR count). The van der Waals surface area contributed by atoms with Crippen molar-refractivity contribution in [3.63, 3.8) is 0 Å². The van der Waals surface area contributed by atoms with E-state index >= 15 is 0 Å². The molecule has 0 fully saturated rings. The molecule has 1 unspecified atom stereocenters. The number of ether oxygens (including phenoxy) is 1. The van der Waals surface area contributed by atoms with Gasteiger partial charge in [0.25, 0.3) is 0 Å². The van der Waals surface area contributed by atoms with Crippen LogP contribution in [-0.2, 0) is 0 Å². The molecule has 2 heterocycles. The zero-order valence-electron chi connectivity index (χ0n) is 19.9. The Labute approximate surface area is 217 Å². The van der Waals surface area contributed by atoms with Crippen LogP contribution >= 0.6 is 23.2 Å². The lowest BCUT2D eigenvalue weighted by atomic mass is 10.2. The van der Waals surface area contributed by atoms with Crippen molar-refractivity contribution in [2.24, 2.45) is 0 Å². The fourth-order valence-corrected chi connectivity index (χ4v) is 4.23. The monoisotopic (exact) mass is 529 g/mol. The lowest BCUT2D eigenvalue weighted by Crippen LogP contribution is -2.30. The highest BCUT2D eigenvalue weighted by atomic mass is 35.5. The molecule has 2 aromatic heterocycles. The number of fused-ring (bicyclic) bond motifs is 1. The summed E-state index contributed by atoms with van der Waals surface area (Å²) in [5, 5.41) is 14.0. The van der Waals surface area contributed by atoms with Crippen LogP contribution in [0.3, 0.4) is 0 Å². The van der Waals surface area contributed by atoms with Gasteiger partial charge in [0.05, 0.1) is 21.1 Å². The zero-order chi connectivity index (χ0) is 26.0. The van der Waals surface area contributed by atoms with Gasteiger partial charge in [0.2, 0.25) is 5.95 Å². The molecule has 4 N–H and O–H groups in total. The van der Waals surface area contributed by atoms with Gasteiger partial charge in [-0.25, -0.2) is 14.3 Å². The number of nitrogens with zero attached hydrogens (tertiary/aromatic N) is 5. The molecule has 0 amide bonds. The van der Waals surface area contributed by atoms with E-state index in [9.17, 15) is 9.90 Å². The van der Waals surface area contributed by atoms with Gasteiger partial charge in [0, 0.05) is 18.4 Å². The molecule has 0 saturated heterocycles. The first-order chi connectivity index (χ1) is 17.1. The number of nitrogens with one attached hydrogen (secondary N) is 1. The van der Waals surface area contributed by atoms with Crippen LogP contribution in [0.25, 0.3) is 16.7 Å². The van der Waals surface area contributed by atoms with Crippen molar-refractivity contribution in [3.05, 3.63) is 68.7 Å². The lowest BCUT2D eigenvalue weighted by molar-refractivity contribution is 0.0828. The van der Waals surface area contributed by atoms with Crippen molar-refractivity contribution in [2.75, 3.05) is 38.3 Å². The first-order valence-corrected chi connectivity index (χ1v) is 11.7. The number of nitrogens with two attached hydrogens (primary N) is 1. The van der Waals surface area contributed by atoms with Crippen LogP contribution in [0.4, 0.5) is 17.5 Å². The van der Waals surface area contributed by atoms with Gasteiger partial charge in [0.1, 0.15) is 24.3 Å². The third-order valence-corrected chi connectivity index (χ3v) is 5.89. The second-order valence-electron chi connectivity index (χ2n) is 8.45. The normalized spacial score (nSPS) is 12.2. The summed E-state index contributed by atoms with van der Waals surface area (Å²) in [6.45, 7) is 2.58. The molecule has 0 bridgehead atoms. The molecule has 0 aliphatic carbocycles. The highest BCUT2D eigenvalue weighted by molar-refractivity contribution is 6.37. The number of likely N-dealkylation sites (N-methyl/N-ethyl adjacent to an activating group) is 1. The summed E-state index contributed by atoms with van der Waals surface area (Å²) in [4.78, 5) is 27.4. The molecule has 2 aromatic carbocycles. The molecule has 0 radical (unpaired) electrons. The Morgan fingerprint density at radius 1 is 1.19 bits per heavy atom. The number of halogens is 2. The molecule has 0 spiro atoms. The SMILES string of the molecule is Cc1cc(Nc2ncc3c(N)n(-c4c(Cl)cccc4Cl)c(=O)nc3n2)ccc1OCC(O)CN(C)C. The minimum absolute atomic E-state index is 0.0698. The number of aliphatic hydroxyl groups is 1. The molecule has 1 atom stereocenters. The Hall–Kier alpha value is -3.44. The molecular formula is C24H25Cl2N7O3. The number of anilines is 3. The molecule has 0 saturated carbocycles. The molecule has 0 aliphatic heterocycles. The van der Waals surface area contributed by atoms with Crippen molar-refractivity contribution < 1.29 is 9.84 Å². The van der Waals surface area contributed by atoms with Gasteiger partial charge >= 0.3 is 5.69 Å². The van der Waals surface area contributed by atoms with Crippen molar-refractivity contribution >= 4 is 51.7 Å². The van der Waals surface area contributed by atoms with Gasteiger partial charge in [-0.15, -0.1) is 0 Å². The lowest BCUT2D eigenvalue weighted by Gasteiger charge is -2.17. The van der Waals surface area contributed by atoms with E-state index in [0.717, 1.165) is 10.1 Å². The fourth-order valence-electron chi connectivity index (χ4n) is 3.66. The Bertz CT molecular complexity index is 1460. The average Bonchev–Trinajstić information content (AvgIpc) is 2.79. The number of aliphatic hydroxyl groups excluding tert-OH is 1. The smallest absolute Gasteiger partial charge is 0.355 e. The quantitative estimate of drug-likeness (QED) is 0.314. The Morgan fingerprint density at radius 2 is 1.92 bits per heavy atom. The number of aryl methyl sites for hydroxylation is 1. The number of nitrogen functional groups attached to an aromatic ring is 1. The van der Waals surface area contributed by atoms with E-state index in [1.165, 1.54) is 6.20 Å². The Balaban J connectivity index is 1.58. The van der Waals surface area contributed by atoms with Crippen LogP contribution in [0, 0.1) is 6.92 Å². The molecule has 12 heteroatoms. The maximum Gasteiger partial charge on any atom is 0.355 e. The van der Waals surface area contributed by atoms with Gasteiger partial charge in [-0.3, -0.25) is 0 Å². The van der Waals surface area contributed by atoms with Crippen LogP contribution in [0.1, 0.15) is 5.56 Å². The molecular weight excluding hydrogens is 505 g/mol. The van der Waals surface area contributed by atoms with E-state index in [4.69, 9.17) is 33.7 Å². The molecule has 0 aliphatic rings. The predicted octanol–water partition coefficient (Wildman–Crippen LogP) is 3.42. The first-order valence-electron chi connectivity index (χ1n) is 11.0. The summed E-state index contributed by atoms with van der Waals surface area (Å²) in [5.41, 5.74) is 7.54. The highest BCUT2D eigenvalue weighted by Crippen LogP contribution is 2.31. The summed E-state index contributed by atoms with van der Waals surface area (Å²) >= 11 is 12.5. The van der Waals surface area contributed by atoms with Crippen LogP contribution in [-0.4, -0.2) is 62.9 Å². The van der Waals surface area contributed by atoms with Crippen molar-refractivity contribution in [2.45, 2.75) is 13.0 Å². The molecule has 10 nitrogen and oxygen atoms in total. The summed E-state index contributed by atoms with van der Waals surface area (Å²) in [5.74, 6) is 0.961. The summed E-state index contributed by atoms with van der Waals surface area (Å²) in [6.07, 6.45) is 0.881.